The number of para-hydroxylation sites is 1. The van der Waals surface area contributed by atoms with Crippen molar-refractivity contribution in [2.45, 2.75) is 10.3 Å². The number of nitrogens with one attached hydrogen (secondary N) is 1. The quantitative estimate of drug-likeness (QED) is 0.190. The van der Waals surface area contributed by atoms with Crippen LogP contribution in [0.1, 0.15) is 10.9 Å². The number of furan rings is 1. The molecule has 1 atom stereocenters. The zero-order valence-electron chi connectivity index (χ0n) is 27.7. The minimum Gasteiger partial charge on any atom is -0.456 e. The van der Waals surface area contributed by atoms with E-state index < -0.39 is 0 Å². The van der Waals surface area contributed by atoms with Gasteiger partial charge >= 0.3 is 0 Å². The first-order valence-corrected chi connectivity index (χ1v) is 18.2. The van der Waals surface area contributed by atoms with Gasteiger partial charge in [0.2, 0.25) is 0 Å². The number of hydrogen-bond acceptors (Lipinski definition) is 4. The van der Waals surface area contributed by atoms with E-state index in [0.29, 0.717) is 0 Å². The highest BCUT2D eigenvalue weighted by atomic mass is 32.2. The predicted octanol–water partition coefficient (Wildman–Crippen LogP) is 13.8. The lowest BCUT2D eigenvalue weighted by Gasteiger charge is -2.28. The lowest BCUT2D eigenvalue weighted by molar-refractivity contribution is 0.668. The number of thioether (sulfide) groups is 1. The maximum Gasteiger partial charge on any atom is 0.137 e. The molecule has 10 rings (SSSR count). The summed E-state index contributed by atoms with van der Waals surface area (Å²) in [6, 6.07) is 64.9. The molecule has 0 fully saturated rings. The van der Waals surface area contributed by atoms with Gasteiger partial charge in [-0.15, -0.1) is 0 Å². The molecule has 1 aliphatic rings. The average molecular weight is 673 g/mol. The van der Waals surface area contributed by atoms with E-state index in [9.17, 15) is 0 Å². The van der Waals surface area contributed by atoms with Crippen molar-refractivity contribution >= 4 is 67.2 Å². The molecule has 51 heavy (non-hydrogen) atoms. The van der Waals surface area contributed by atoms with E-state index >= 15 is 0 Å². The SMILES string of the molecule is c1ccc(-c2cc(-c3cccc4ccccc34)ccc2N(c2ccccc2)c2ccc3c(c2)oc2ccc4c(c23)SC(c2ccccc2)N4)cc1. The van der Waals surface area contributed by atoms with Gasteiger partial charge in [0.25, 0.3) is 0 Å². The van der Waals surface area contributed by atoms with Gasteiger partial charge in [-0.1, -0.05) is 139 Å². The van der Waals surface area contributed by atoms with Gasteiger partial charge in [-0.2, -0.15) is 0 Å². The molecular formula is C47H32N2OS. The maximum absolute atomic E-state index is 6.65. The molecule has 1 aliphatic heterocycles. The number of anilines is 4. The van der Waals surface area contributed by atoms with Crippen LogP contribution < -0.4 is 10.2 Å². The van der Waals surface area contributed by atoms with E-state index in [1.807, 2.05) is 11.8 Å². The number of hydrogen-bond donors (Lipinski definition) is 1. The minimum atomic E-state index is 0.165. The summed E-state index contributed by atoms with van der Waals surface area (Å²) in [5.74, 6) is 0. The Labute approximate surface area is 300 Å². The number of fused-ring (bicyclic) bond motifs is 6. The van der Waals surface area contributed by atoms with Crippen molar-refractivity contribution in [3.05, 3.63) is 188 Å². The summed E-state index contributed by atoms with van der Waals surface area (Å²) in [6.45, 7) is 0. The number of nitrogens with zero attached hydrogens (tertiary/aromatic N) is 1. The normalized spacial score (nSPS) is 13.8. The Hall–Kier alpha value is -6.23. The van der Waals surface area contributed by atoms with E-state index in [-0.39, 0.29) is 5.37 Å². The second-order valence-corrected chi connectivity index (χ2v) is 14.1. The first kappa shape index (κ1) is 29.7. The summed E-state index contributed by atoms with van der Waals surface area (Å²) in [5, 5.41) is 8.67. The molecule has 0 amide bonds. The van der Waals surface area contributed by atoms with Crippen LogP contribution in [0.2, 0.25) is 0 Å². The third kappa shape index (κ3) is 5.15. The third-order valence-corrected chi connectivity index (χ3v) is 11.2. The molecule has 3 nitrogen and oxygen atoms in total. The van der Waals surface area contributed by atoms with Gasteiger partial charge < -0.3 is 14.6 Å². The smallest absolute Gasteiger partial charge is 0.137 e. The maximum atomic E-state index is 6.65. The monoisotopic (exact) mass is 672 g/mol. The van der Waals surface area contributed by atoms with Crippen LogP contribution in [0.5, 0.6) is 0 Å². The molecule has 1 aromatic heterocycles. The molecule has 0 saturated heterocycles. The van der Waals surface area contributed by atoms with Crippen LogP contribution in [0, 0.1) is 0 Å². The van der Waals surface area contributed by atoms with Crippen LogP contribution in [-0.2, 0) is 0 Å². The highest BCUT2D eigenvalue weighted by Crippen LogP contribution is 2.52. The first-order chi connectivity index (χ1) is 25.3. The molecule has 0 radical (unpaired) electrons. The van der Waals surface area contributed by atoms with E-state index in [2.05, 4.69) is 192 Å². The van der Waals surface area contributed by atoms with Crippen LogP contribution in [0.3, 0.4) is 0 Å². The Morgan fingerprint density at radius 3 is 2.10 bits per heavy atom. The Morgan fingerprint density at radius 1 is 0.510 bits per heavy atom. The van der Waals surface area contributed by atoms with Crippen LogP contribution in [-0.4, -0.2) is 0 Å². The number of benzene rings is 8. The minimum absolute atomic E-state index is 0.165. The zero-order valence-corrected chi connectivity index (χ0v) is 28.5. The van der Waals surface area contributed by atoms with Gasteiger partial charge in [-0.3, -0.25) is 0 Å². The molecule has 2 heterocycles. The summed E-state index contributed by atoms with van der Waals surface area (Å²) in [4.78, 5) is 3.59. The summed E-state index contributed by atoms with van der Waals surface area (Å²) in [7, 11) is 0. The summed E-state index contributed by atoms with van der Waals surface area (Å²) in [5.41, 5.74) is 12.1. The highest BCUT2D eigenvalue weighted by molar-refractivity contribution is 8.00. The molecule has 0 bridgehead atoms. The average Bonchev–Trinajstić information content (AvgIpc) is 3.81. The van der Waals surface area contributed by atoms with Crippen molar-refractivity contribution in [3.8, 4) is 22.3 Å². The molecule has 9 aromatic rings. The fraction of sp³-hybridized carbons (Fsp3) is 0.0213. The molecule has 1 N–H and O–H groups in total. The van der Waals surface area contributed by atoms with Crippen LogP contribution in [0.4, 0.5) is 22.7 Å². The van der Waals surface area contributed by atoms with E-state index in [1.165, 1.54) is 37.7 Å². The Balaban J connectivity index is 1.14. The van der Waals surface area contributed by atoms with Crippen molar-refractivity contribution in [1.82, 2.24) is 0 Å². The van der Waals surface area contributed by atoms with Gasteiger partial charge in [0.1, 0.15) is 16.5 Å². The van der Waals surface area contributed by atoms with Crippen LogP contribution in [0.15, 0.2) is 191 Å². The first-order valence-electron chi connectivity index (χ1n) is 17.3. The molecular weight excluding hydrogens is 641 g/mol. The van der Waals surface area contributed by atoms with Crippen molar-refractivity contribution in [1.29, 1.82) is 0 Å². The molecule has 0 saturated carbocycles. The van der Waals surface area contributed by atoms with Crippen molar-refractivity contribution < 1.29 is 4.42 Å². The largest absolute Gasteiger partial charge is 0.456 e. The van der Waals surface area contributed by atoms with Crippen molar-refractivity contribution in [2.75, 3.05) is 10.2 Å². The lowest BCUT2D eigenvalue weighted by Crippen LogP contribution is -2.11. The van der Waals surface area contributed by atoms with Gasteiger partial charge in [0.15, 0.2) is 0 Å². The Bertz CT molecular complexity index is 2700. The highest BCUT2D eigenvalue weighted by Gasteiger charge is 2.27. The molecule has 242 valence electrons. The number of rotatable bonds is 6. The standard InChI is InChI=1S/C47H32N2OS/c1-4-13-32(14-5-1)40-29-34(38-22-12-18-31-15-10-11-21-37(31)38)23-27-42(40)49(35-19-8-3-9-20-35)36-24-25-39-44(30-36)50-43-28-26-41-46(45(39)43)51-47(48-41)33-16-6-2-7-17-33/h1-30,47-48H. The molecule has 1 unspecified atom stereocenters. The van der Waals surface area contributed by atoms with Gasteiger partial charge in [-0.05, 0) is 81.6 Å². The topological polar surface area (TPSA) is 28.4 Å². The Morgan fingerprint density at radius 2 is 1.25 bits per heavy atom. The molecule has 8 aromatic carbocycles. The Kier molecular flexibility index (Phi) is 7.14. The fourth-order valence-corrected chi connectivity index (χ4v) is 8.79. The second kappa shape index (κ2) is 12.3. The summed E-state index contributed by atoms with van der Waals surface area (Å²) < 4.78 is 6.65. The lowest BCUT2D eigenvalue weighted by atomic mass is 9.93. The third-order valence-electron chi connectivity index (χ3n) is 9.89. The van der Waals surface area contributed by atoms with Crippen LogP contribution in [0.25, 0.3) is 55.0 Å². The van der Waals surface area contributed by atoms with Gasteiger partial charge in [-0.25, -0.2) is 0 Å². The summed E-state index contributed by atoms with van der Waals surface area (Å²) >= 11 is 1.86. The van der Waals surface area contributed by atoms with E-state index in [0.717, 1.165) is 50.4 Å². The zero-order chi connectivity index (χ0) is 33.7. The fourth-order valence-electron chi connectivity index (χ4n) is 7.50. The second-order valence-electron chi connectivity index (χ2n) is 12.9. The van der Waals surface area contributed by atoms with Gasteiger partial charge in [0.05, 0.1) is 5.69 Å². The van der Waals surface area contributed by atoms with Crippen molar-refractivity contribution in [2.24, 2.45) is 0 Å². The van der Waals surface area contributed by atoms with E-state index in [1.54, 1.807) is 0 Å². The predicted molar refractivity (Wildman–Crippen MR) is 215 cm³/mol. The molecule has 0 aliphatic carbocycles. The van der Waals surface area contributed by atoms with Crippen LogP contribution >= 0.6 is 11.8 Å². The summed E-state index contributed by atoms with van der Waals surface area (Å²) in [6.07, 6.45) is 0. The molecule has 0 spiro atoms. The van der Waals surface area contributed by atoms with Crippen molar-refractivity contribution in [3.63, 3.8) is 0 Å². The van der Waals surface area contributed by atoms with Gasteiger partial charge in [0, 0.05) is 44.4 Å². The van der Waals surface area contributed by atoms with E-state index in [4.69, 9.17) is 4.42 Å². The molecule has 4 heteroatoms.